The van der Waals surface area contributed by atoms with Crippen LogP contribution in [-0.2, 0) is 0 Å². The summed E-state index contributed by atoms with van der Waals surface area (Å²) in [6.07, 6.45) is 1.58. The number of amides is 1. The predicted octanol–water partition coefficient (Wildman–Crippen LogP) is 1.88. The van der Waals surface area contributed by atoms with Gasteiger partial charge in [-0.3, -0.25) is 4.79 Å². The van der Waals surface area contributed by atoms with E-state index in [1.807, 2.05) is 37.3 Å². The highest BCUT2D eigenvalue weighted by molar-refractivity contribution is 5.95. The third-order valence-electron chi connectivity index (χ3n) is 3.00. The Kier molecular flexibility index (Phi) is 5.08. The first kappa shape index (κ1) is 14.8. The standard InChI is InChI=1S/C17H17N3O/c1-13(14-7-3-2-4-8-14)20-17(21)16-15(9-5-11-18)10-6-12-19-16/h2-4,6-8,10,12-13H,11,18H2,1H3,(H,20,21). The second-order valence-electron chi connectivity index (χ2n) is 4.51. The number of carbonyl (C=O) groups excluding carboxylic acids is 1. The molecule has 2 rings (SSSR count). The summed E-state index contributed by atoms with van der Waals surface area (Å²) in [7, 11) is 0. The summed E-state index contributed by atoms with van der Waals surface area (Å²) < 4.78 is 0. The molecule has 0 radical (unpaired) electrons. The van der Waals surface area contributed by atoms with E-state index in [2.05, 4.69) is 22.1 Å². The average Bonchev–Trinajstić information content (AvgIpc) is 2.54. The molecule has 1 unspecified atom stereocenters. The number of hydrogen-bond donors (Lipinski definition) is 2. The van der Waals surface area contributed by atoms with Crippen molar-refractivity contribution in [2.45, 2.75) is 13.0 Å². The molecule has 0 aliphatic heterocycles. The van der Waals surface area contributed by atoms with Crippen molar-refractivity contribution in [3.05, 3.63) is 65.5 Å². The summed E-state index contributed by atoms with van der Waals surface area (Å²) in [5, 5.41) is 2.93. The molecule has 106 valence electrons. The fraction of sp³-hybridized carbons (Fsp3) is 0.176. The third-order valence-corrected chi connectivity index (χ3v) is 3.00. The molecule has 0 saturated heterocycles. The molecule has 1 amide bonds. The largest absolute Gasteiger partial charge is 0.344 e. The number of rotatable bonds is 3. The van der Waals surface area contributed by atoms with Crippen molar-refractivity contribution in [3.63, 3.8) is 0 Å². The SMILES string of the molecule is CC(NC(=O)c1ncccc1C#CCN)c1ccccc1. The van der Waals surface area contributed by atoms with Crippen LogP contribution in [0.1, 0.15) is 34.6 Å². The van der Waals surface area contributed by atoms with Gasteiger partial charge in [-0.05, 0) is 24.6 Å². The van der Waals surface area contributed by atoms with Crippen molar-refractivity contribution < 1.29 is 4.79 Å². The van der Waals surface area contributed by atoms with E-state index >= 15 is 0 Å². The van der Waals surface area contributed by atoms with E-state index in [0.29, 0.717) is 11.3 Å². The Labute approximate surface area is 124 Å². The van der Waals surface area contributed by atoms with Crippen molar-refractivity contribution in [2.75, 3.05) is 6.54 Å². The maximum atomic E-state index is 12.3. The number of pyridine rings is 1. The van der Waals surface area contributed by atoms with Gasteiger partial charge < -0.3 is 11.1 Å². The summed E-state index contributed by atoms with van der Waals surface area (Å²) in [6.45, 7) is 2.18. The van der Waals surface area contributed by atoms with E-state index in [1.54, 1.807) is 18.3 Å². The maximum absolute atomic E-state index is 12.3. The lowest BCUT2D eigenvalue weighted by Gasteiger charge is -2.14. The molecule has 0 fully saturated rings. The fourth-order valence-corrected chi connectivity index (χ4v) is 1.92. The van der Waals surface area contributed by atoms with Crippen LogP contribution in [-0.4, -0.2) is 17.4 Å². The van der Waals surface area contributed by atoms with Crippen LogP contribution in [0.3, 0.4) is 0 Å². The van der Waals surface area contributed by atoms with Gasteiger partial charge in [0.05, 0.1) is 18.2 Å². The summed E-state index contributed by atoms with van der Waals surface area (Å²) in [5.74, 6) is 5.37. The molecule has 0 bridgehead atoms. The molecular formula is C17H17N3O. The van der Waals surface area contributed by atoms with Crippen molar-refractivity contribution in [1.29, 1.82) is 0 Å². The van der Waals surface area contributed by atoms with Gasteiger partial charge in [-0.25, -0.2) is 4.98 Å². The van der Waals surface area contributed by atoms with E-state index in [1.165, 1.54) is 0 Å². The molecule has 3 N–H and O–H groups in total. The van der Waals surface area contributed by atoms with E-state index in [-0.39, 0.29) is 18.5 Å². The molecule has 2 aromatic rings. The first-order chi connectivity index (χ1) is 10.2. The summed E-state index contributed by atoms with van der Waals surface area (Å²) in [4.78, 5) is 16.5. The molecule has 1 aromatic carbocycles. The van der Waals surface area contributed by atoms with E-state index in [9.17, 15) is 4.79 Å². The summed E-state index contributed by atoms with van der Waals surface area (Å²) >= 11 is 0. The lowest BCUT2D eigenvalue weighted by molar-refractivity contribution is 0.0934. The van der Waals surface area contributed by atoms with Crippen LogP contribution in [0.2, 0.25) is 0 Å². The average molecular weight is 279 g/mol. The van der Waals surface area contributed by atoms with Gasteiger partial charge in [-0.2, -0.15) is 0 Å². The molecule has 1 aromatic heterocycles. The van der Waals surface area contributed by atoms with Crippen LogP contribution in [0.25, 0.3) is 0 Å². The molecule has 1 atom stereocenters. The minimum absolute atomic E-state index is 0.101. The Balaban J connectivity index is 2.17. The minimum atomic E-state index is -0.242. The number of nitrogens with two attached hydrogens (primary N) is 1. The quantitative estimate of drug-likeness (QED) is 0.843. The van der Waals surface area contributed by atoms with Gasteiger partial charge in [-0.15, -0.1) is 0 Å². The van der Waals surface area contributed by atoms with Gasteiger partial charge in [-0.1, -0.05) is 42.2 Å². The molecule has 0 aliphatic carbocycles. The Hall–Kier alpha value is -2.64. The second-order valence-corrected chi connectivity index (χ2v) is 4.51. The fourth-order valence-electron chi connectivity index (χ4n) is 1.92. The maximum Gasteiger partial charge on any atom is 0.271 e. The monoisotopic (exact) mass is 279 g/mol. The van der Waals surface area contributed by atoms with Gasteiger partial charge in [0.15, 0.2) is 0 Å². The number of hydrogen-bond acceptors (Lipinski definition) is 3. The zero-order valence-corrected chi connectivity index (χ0v) is 11.8. The first-order valence-electron chi connectivity index (χ1n) is 6.72. The van der Waals surface area contributed by atoms with E-state index in [4.69, 9.17) is 5.73 Å². The van der Waals surface area contributed by atoms with Crippen LogP contribution >= 0.6 is 0 Å². The molecule has 21 heavy (non-hydrogen) atoms. The second kappa shape index (κ2) is 7.22. The molecular weight excluding hydrogens is 262 g/mol. The smallest absolute Gasteiger partial charge is 0.271 e. The molecule has 0 aliphatic rings. The van der Waals surface area contributed by atoms with Gasteiger partial charge in [0.25, 0.3) is 5.91 Å². The van der Waals surface area contributed by atoms with Crippen molar-refractivity contribution >= 4 is 5.91 Å². The van der Waals surface area contributed by atoms with Crippen molar-refractivity contribution in [3.8, 4) is 11.8 Å². The van der Waals surface area contributed by atoms with Crippen LogP contribution in [0, 0.1) is 11.8 Å². The number of carbonyl (C=O) groups is 1. The minimum Gasteiger partial charge on any atom is -0.344 e. The predicted molar refractivity (Wildman–Crippen MR) is 82.5 cm³/mol. The highest BCUT2D eigenvalue weighted by atomic mass is 16.1. The number of nitrogens with one attached hydrogen (secondary N) is 1. The Bertz CT molecular complexity index is 671. The van der Waals surface area contributed by atoms with Gasteiger partial charge in [0.1, 0.15) is 5.69 Å². The summed E-state index contributed by atoms with van der Waals surface area (Å²) in [6, 6.07) is 13.2. The number of benzene rings is 1. The lowest BCUT2D eigenvalue weighted by Crippen LogP contribution is -2.28. The van der Waals surface area contributed by atoms with Crippen molar-refractivity contribution in [1.82, 2.24) is 10.3 Å². The number of aromatic nitrogens is 1. The Morgan fingerprint density at radius 3 is 2.76 bits per heavy atom. The third kappa shape index (κ3) is 3.91. The Morgan fingerprint density at radius 2 is 2.05 bits per heavy atom. The molecule has 1 heterocycles. The Morgan fingerprint density at radius 1 is 1.29 bits per heavy atom. The van der Waals surface area contributed by atoms with E-state index < -0.39 is 0 Å². The first-order valence-corrected chi connectivity index (χ1v) is 6.72. The zero-order chi connectivity index (χ0) is 15.1. The van der Waals surface area contributed by atoms with Gasteiger partial charge in [0.2, 0.25) is 0 Å². The van der Waals surface area contributed by atoms with Gasteiger partial charge >= 0.3 is 0 Å². The lowest BCUT2D eigenvalue weighted by atomic mass is 10.1. The molecule has 4 heteroatoms. The summed E-state index contributed by atoms with van der Waals surface area (Å²) in [5.41, 5.74) is 7.31. The molecule has 4 nitrogen and oxygen atoms in total. The van der Waals surface area contributed by atoms with Crippen LogP contribution in [0.5, 0.6) is 0 Å². The topological polar surface area (TPSA) is 68.0 Å². The number of nitrogens with zero attached hydrogens (tertiary/aromatic N) is 1. The zero-order valence-electron chi connectivity index (χ0n) is 11.8. The van der Waals surface area contributed by atoms with Crippen LogP contribution in [0.4, 0.5) is 0 Å². The normalized spacial score (nSPS) is 11.1. The molecule has 0 saturated carbocycles. The highest BCUT2D eigenvalue weighted by Gasteiger charge is 2.14. The van der Waals surface area contributed by atoms with Crippen LogP contribution in [0.15, 0.2) is 48.7 Å². The molecule has 0 spiro atoms. The van der Waals surface area contributed by atoms with E-state index in [0.717, 1.165) is 5.56 Å². The van der Waals surface area contributed by atoms with Crippen LogP contribution < -0.4 is 11.1 Å². The van der Waals surface area contributed by atoms with Crippen molar-refractivity contribution in [2.24, 2.45) is 5.73 Å². The highest BCUT2D eigenvalue weighted by Crippen LogP contribution is 2.12. The van der Waals surface area contributed by atoms with Gasteiger partial charge in [0, 0.05) is 6.20 Å².